The molecule has 2 rings (SSSR count). The molecule has 0 radical (unpaired) electrons. The first kappa shape index (κ1) is 13.3. The van der Waals surface area contributed by atoms with Crippen LogP contribution in [0.5, 0.6) is 0 Å². The molecule has 2 aromatic rings. The Bertz CT molecular complexity index is 523. The molecule has 0 bridgehead atoms. The standard InChI is InChI=1S/C14H17N3O2/c1-2-15-7-6-14(18)17-12-5-3-4-11(8-12)13-9-16-10-19-13/h3-5,8-10,15H,2,6-7H2,1H3,(H,17,18). The van der Waals surface area contributed by atoms with Gasteiger partial charge in [0.15, 0.2) is 12.2 Å². The fraction of sp³-hybridized carbons (Fsp3) is 0.286. The predicted molar refractivity (Wildman–Crippen MR) is 73.7 cm³/mol. The van der Waals surface area contributed by atoms with Gasteiger partial charge in [0.1, 0.15) is 0 Å². The van der Waals surface area contributed by atoms with Crippen molar-refractivity contribution < 1.29 is 9.21 Å². The molecule has 0 saturated carbocycles. The molecule has 0 fully saturated rings. The van der Waals surface area contributed by atoms with Crippen molar-refractivity contribution >= 4 is 11.6 Å². The highest BCUT2D eigenvalue weighted by atomic mass is 16.3. The molecule has 100 valence electrons. The number of hydrogen-bond donors (Lipinski definition) is 2. The minimum atomic E-state index is -0.00401. The van der Waals surface area contributed by atoms with Gasteiger partial charge in [0.25, 0.3) is 0 Å². The zero-order valence-corrected chi connectivity index (χ0v) is 10.8. The topological polar surface area (TPSA) is 67.2 Å². The summed E-state index contributed by atoms with van der Waals surface area (Å²) in [5.74, 6) is 0.680. The first-order chi connectivity index (χ1) is 9.29. The summed E-state index contributed by atoms with van der Waals surface area (Å²) in [6, 6.07) is 7.50. The van der Waals surface area contributed by atoms with Gasteiger partial charge in [0.05, 0.1) is 6.20 Å². The number of nitrogens with one attached hydrogen (secondary N) is 2. The van der Waals surface area contributed by atoms with Gasteiger partial charge in [-0.05, 0) is 18.7 Å². The molecule has 19 heavy (non-hydrogen) atoms. The minimum absolute atomic E-state index is 0.00401. The zero-order valence-electron chi connectivity index (χ0n) is 10.8. The summed E-state index contributed by atoms with van der Waals surface area (Å²) in [5, 5.41) is 5.98. The molecule has 0 aliphatic carbocycles. The minimum Gasteiger partial charge on any atom is -0.444 e. The smallest absolute Gasteiger partial charge is 0.225 e. The number of anilines is 1. The van der Waals surface area contributed by atoms with Crippen LogP contribution in [0, 0.1) is 0 Å². The first-order valence-corrected chi connectivity index (χ1v) is 6.29. The van der Waals surface area contributed by atoms with Crippen LogP contribution in [0.4, 0.5) is 5.69 Å². The second kappa shape index (κ2) is 6.70. The maximum absolute atomic E-state index is 11.7. The van der Waals surface area contributed by atoms with E-state index >= 15 is 0 Å². The lowest BCUT2D eigenvalue weighted by molar-refractivity contribution is -0.116. The third-order valence-electron chi connectivity index (χ3n) is 2.64. The Hall–Kier alpha value is -2.14. The molecular formula is C14H17N3O2. The Morgan fingerprint density at radius 2 is 2.32 bits per heavy atom. The maximum Gasteiger partial charge on any atom is 0.225 e. The SMILES string of the molecule is CCNCCC(=O)Nc1cccc(-c2cnco2)c1. The lowest BCUT2D eigenvalue weighted by Gasteiger charge is -2.06. The number of carbonyl (C=O) groups excluding carboxylic acids is 1. The predicted octanol–water partition coefficient (Wildman–Crippen LogP) is 2.28. The summed E-state index contributed by atoms with van der Waals surface area (Å²) >= 11 is 0. The molecular weight excluding hydrogens is 242 g/mol. The van der Waals surface area contributed by atoms with Gasteiger partial charge in [-0.2, -0.15) is 0 Å². The van der Waals surface area contributed by atoms with Crippen LogP contribution in [0.15, 0.2) is 41.3 Å². The average Bonchev–Trinajstić information content (AvgIpc) is 2.93. The summed E-state index contributed by atoms with van der Waals surface area (Å²) in [4.78, 5) is 15.6. The van der Waals surface area contributed by atoms with Crippen molar-refractivity contribution in [3.8, 4) is 11.3 Å². The highest BCUT2D eigenvalue weighted by Crippen LogP contribution is 2.21. The first-order valence-electron chi connectivity index (χ1n) is 6.29. The lowest BCUT2D eigenvalue weighted by Crippen LogP contribution is -2.21. The quantitative estimate of drug-likeness (QED) is 0.781. The van der Waals surface area contributed by atoms with Crippen molar-refractivity contribution in [1.29, 1.82) is 0 Å². The third-order valence-corrected chi connectivity index (χ3v) is 2.64. The highest BCUT2D eigenvalue weighted by Gasteiger charge is 2.05. The highest BCUT2D eigenvalue weighted by molar-refractivity contribution is 5.91. The summed E-state index contributed by atoms with van der Waals surface area (Å²) in [7, 11) is 0. The van der Waals surface area contributed by atoms with Crippen LogP contribution < -0.4 is 10.6 Å². The van der Waals surface area contributed by atoms with Crippen molar-refractivity contribution in [2.75, 3.05) is 18.4 Å². The van der Waals surface area contributed by atoms with Crippen LogP contribution in [-0.2, 0) is 4.79 Å². The Labute approximate surface area is 112 Å². The van der Waals surface area contributed by atoms with Gasteiger partial charge in [0.2, 0.25) is 5.91 Å². The van der Waals surface area contributed by atoms with Crippen LogP contribution >= 0.6 is 0 Å². The fourth-order valence-electron chi connectivity index (χ4n) is 1.71. The molecule has 5 heteroatoms. The molecule has 0 aliphatic rings. The molecule has 0 atom stereocenters. The monoisotopic (exact) mass is 259 g/mol. The van der Waals surface area contributed by atoms with Gasteiger partial charge in [-0.25, -0.2) is 4.98 Å². The van der Waals surface area contributed by atoms with Crippen LogP contribution in [0.25, 0.3) is 11.3 Å². The van der Waals surface area contributed by atoms with E-state index in [1.54, 1.807) is 6.20 Å². The second-order valence-electron chi connectivity index (χ2n) is 4.10. The van der Waals surface area contributed by atoms with E-state index in [-0.39, 0.29) is 5.91 Å². The van der Waals surface area contributed by atoms with Crippen LogP contribution in [-0.4, -0.2) is 24.0 Å². The largest absolute Gasteiger partial charge is 0.444 e. The van der Waals surface area contributed by atoms with Crippen molar-refractivity contribution in [2.24, 2.45) is 0 Å². The Morgan fingerprint density at radius 3 is 3.05 bits per heavy atom. The zero-order chi connectivity index (χ0) is 13.5. The van der Waals surface area contributed by atoms with Gasteiger partial charge in [-0.15, -0.1) is 0 Å². The molecule has 2 N–H and O–H groups in total. The van der Waals surface area contributed by atoms with E-state index in [0.717, 1.165) is 17.8 Å². The average molecular weight is 259 g/mol. The lowest BCUT2D eigenvalue weighted by atomic mass is 10.1. The molecule has 0 unspecified atom stereocenters. The molecule has 5 nitrogen and oxygen atoms in total. The molecule has 1 aromatic heterocycles. The van der Waals surface area contributed by atoms with Gasteiger partial charge in [-0.3, -0.25) is 4.79 Å². The van der Waals surface area contributed by atoms with Crippen LogP contribution in [0.1, 0.15) is 13.3 Å². The fourth-order valence-corrected chi connectivity index (χ4v) is 1.71. The molecule has 0 saturated heterocycles. The summed E-state index contributed by atoms with van der Waals surface area (Å²) < 4.78 is 5.23. The summed E-state index contributed by atoms with van der Waals surface area (Å²) in [6.45, 7) is 3.57. The van der Waals surface area contributed by atoms with Crippen molar-refractivity contribution in [1.82, 2.24) is 10.3 Å². The van der Waals surface area contributed by atoms with E-state index in [0.29, 0.717) is 18.7 Å². The van der Waals surface area contributed by atoms with E-state index in [1.807, 2.05) is 31.2 Å². The number of nitrogens with zero attached hydrogens (tertiary/aromatic N) is 1. The molecule has 0 spiro atoms. The van der Waals surface area contributed by atoms with Gasteiger partial charge < -0.3 is 15.1 Å². The number of aromatic nitrogens is 1. The van der Waals surface area contributed by atoms with Crippen molar-refractivity contribution in [2.45, 2.75) is 13.3 Å². The molecule has 0 aliphatic heterocycles. The Balaban J connectivity index is 1.97. The van der Waals surface area contributed by atoms with Crippen LogP contribution in [0.3, 0.4) is 0 Å². The maximum atomic E-state index is 11.7. The van der Waals surface area contributed by atoms with E-state index in [9.17, 15) is 4.79 Å². The normalized spacial score (nSPS) is 10.4. The van der Waals surface area contributed by atoms with E-state index in [2.05, 4.69) is 15.6 Å². The van der Waals surface area contributed by atoms with Crippen molar-refractivity contribution in [3.05, 3.63) is 36.9 Å². The number of hydrogen-bond acceptors (Lipinski definition) is 4. The van der Waals surface area contributed by atoms with Crippen LogP contribution in [0.2, 0.25) is 0 Å². The number of carbonyl (C=O) groups is 1. The summed E-state index contributed by atoms with van der Waals surface area (Å²) in [6.07, 6.45) is 3.49. The van der Waals surface area contributed by atoms with Gasteiger partial charge >= 0.3 is 0 Å². The Kier molecular flexibility index (Phi) is 4.69. The van der Waals surface area contributed by atoms with E-state index in [1.165, 1.54) is 6.39 Å². The number of oxazole rings is 1. The van der Waals surface area contributed by atoms with E-state index in [4.69, 9.17) is 4.42 Å². The molecule has 1 amide bonds. The van der Waals surface area contributed by atoms with E-state index < -0.39 is 0 Å². The second-order valence-corrected chi connectivity index (χ2v) is 4.10. The number of benzene rings is 1. The summed E-state index contributed by atoms with van der Waals surface area (Å²) in [5.41, 5.74) is 1.65. The number of amides is 1. The number of rotatable bonds is 6. The molecule has 1 aromatic carbocycles. The Morgan fingerprint density at radius 1 is 1.42 bits per heavy atom. The molecule has 1 heterocycles. The van der Waals surface area contributed by atoms with Crippen molar-refractivity contribution in [3.63, 3.8) is 0 Å². The van der Waals surface area contributed by atoms with Gasteiger partial charge in [-0.1, -0.05) is 19.1 Å². The third kappa shape index (κ3) is 3.93. The van der Waals surface area contributed by atoms with Gasteiger partial charge in [0, 0.05) is 24.2 Å².